The summed E-state index contributed by atoms with van der Waals surface area (Å²) in [6, 6.07) is 8.30. The van der Waals surface area contributed by atoms with Gasteiger partial charge in [0.05, 0.1) is 11.1 Å². The van der Waals surface area contributed by atoms with Crippen LogP contribution >= 0.6 is 0 Å². The van der Waals surface area contributed by atoms with E-state index in [4.69, 9.17) is 0 Å². The third-order valence-electron chi connectivity index (χ3n) is 4.40. The highest BCUT2D eigenvalue weighted by Crippen LogP contribution is 2.23. The predicted molar refractivity (Wildman–Crippen MR) is 86.7 cm³/mol. The summed E-state index contributed by atoms with van der Waals surface area (Å²) in [6.45, 7) is 4.50. The summed E-state index contributed by atoms with van der Waals surface area (Å²) >= 11 is 0. The maximum Gasteiger partial charge on any atom is 0.125 e. The van der Waals surface area contributed by atoms with Gasteiger partial charge in [0.1, 0.15) is 11.9 Å². The van der Waals surface area contributed by atoms with Crippen LogP contribution in [0.5, 0.6) is 0 Å². The molecule has 1 aliphatic rings. The minimum atomic E-state index is 0.775. The van der Waals surface area contributed by atoms with Gasteiger partial charge in [-0.1, -0.05) is 6.07 Å². The number of aromatic nitrogens is 3. The zero-order valence-corrected chi connectivity index (χ0v) is 13.0. The van der Waals surface area contributed by atoms with E-state index >= 15 is 0 Å². The van der Waals surface area contributed by atoms with Crippen molar-refractivity contribution in [3.05, 3.63) is 65.0 Å². The Morgan fingerprint density at radius 2 is 2.26 bits per heavy atom. The number of rotatable bonds is 2. The minimum Gasteiger partial charge on any atom is -0.322 e. The van der Waals surface area contributed by atoms with Crippen LogP contribution in [-0.4, -0.2) is 25.8 Å². The van der Waals surface area contributed by atoms with Gasteiger partial charge < -0.3 is 4.40 Å². The van der Waals surface area contributed by atoms with E-state index in [0.29, 0.717) is 0 Å². The molecule has 0 aromatic carbocycles. The molecule has 0 radical (unpaired) electrons. The Balaban J connectivity index is 1.62. The quantitative estimate of drug-likeness (QED) is 0.730. The maximum absolute atomic E-state index is 9.52. The van der Waals surface area contributed by atoms with Gasteiger partial charge in [-0.05, 0) is 19.1 Å². The Labute approximate surface area is 134 Å². The third-order valence-corrected chi connectivity index (χ3v) is 4.40. The second kappa shape index (κ2) is 5.49. The molecule has 0 atom stereocenters. The molecule has 0 amide bonds. The second-order valence-electron chi connectivity index (χ2n) is 5.98. The topological polar surface area (TPSA) is 57.2 Å². The summed E-state index contributed by atoms with van der Waals surface area (Å²) in [5.41, 5.74) is 5.19. The highest BCUT2D eigenvalue weighted by atomic mass is 15.1. The van der Waals surface area contributed by atoms with E-state index in [1.807, 2.05) is 41.9 Å². The molecule has 114 valence electrons. The minimum absolute atomic E-state index is 0.775. The van der Waals surface area contributed by atoms with Crippen LogP contribution < -0.4 is 0 Å². The van der Waals surface area contributed by atoms with Gasteiger partial charge in [0.25, 0.3) is 0 Å². The molecule has 0 unspecified atom stereocenters. The van der Waals surface area contributed by atoms with Crippen molar-refractivity contribution in [2.24, 2.45) is 0 Å². The van der Waals surface area contributed by atoms with E-state index in [2.05, 4.69) is 27.1 Å². The Bertz CT molecular complexity index is 919. The number of hydrogen-bond acceptors (Lipinski definition) is 4. The van der Waals surface area contributed by atoms with E-state index in [9.17, 15) is 5.26 Å². The van der Waals surface area contributed by atoms with Crippen molar-refractivity contribution >= 4 is 5.52 Å². The fourth-order valence-corrected chi connectivity index (χ4v) is 3.28. The van der Waals surface area contributed by atoms with Crippen molar-refractivity contribution in [3.63, 3.8) is 0 Å². The van der Waals surface area contributed by atoms with Crippen LogP contribution in [0.1, 0.15) is 28.2 Å². The van der Waals surface area contributed by atoms with E-state index in [1.165, 1.54) is 5.56 Å². The number of nitrogens with zero attached hydrogens (tertiary/aromatic N) is 5. The molecule has 0 saturated carbocycles. The summed E-state index contributed by atoms with van der Waals surface area (Å²) in [5, 5.41) is 9.52. The first kappa shape index (κ1) is 13.9. The van der Waals surface area contributed by atoms with Gasteiger partial charge in [0.15, 0.2) is 0 Å². The molecule has 3 aromatic rings. The third kappa shape index (κ3) is 2.47. The van der Waals surface area contributed by atoms with Crippen molar-refractivity contribution in [1.82, 2.24) is 19.3 Å². The lowest BCUT2D eigenvalue weighted by molar-refractivity contribution is 0.242. The van der Waals surface area contributed by atoms with Crippen LogP contribution in [0.15, 0.2) is 36.8 Å². The number of pyridine rings is 1. The van der Waals surface area contributed by atoms with Crippen LogP contribution in [0.4, 0.5) is 0 Å². The normalized spacial score (nSPS) is 14.6. The molecular formula is C18H17N5. The van der Waals surface area contributed by atoms with E-state index < -0.39 is 0 Å². The molecule has 3 aromatic heterocycles. The Kier molecular flexibility index (Phi) is 3.32. The van der Waals surface area contributed by atoms with E-state index in [-0.39, 0.29) is 0 Å². The van der Waals surface area contributed by atoms with E-state index in [0.717, 1.165) is 54.2 Å². The number of hydrogen-bond donors (Lipinski definition) is 0. The maximum atomic E-state index is 9.52. The van der Waals surface area contributed by atoms with Crippen molar-refractivity contribution < 1.29 is 0 Å². The zero-order chi connectivity index (χ0) is 15.8. The second-order valence-corrected chi connectivity index (χ2v) is 5.98. The average molecular weight is 303 g/mol. The predicted octanol–water partition coefficient (Wildman–Crippen LogP) is 2.47. The summed E-state index contributed by atoms with van der Waals surface area (Å²) in [4.78, 5) is 11.2. The molecule has 4 rings (SSSR count). The molecular weight excluding hydrogens is 286 g/mol. The lowest BCUT2D eigenvalue weighted by atomic mass is 10.1. The average Bonchev–Trinajstić information content (AvgIpc) is 2.92. The largest absolute Gasteiger partial charge is 0.322 e. The van der Waals surface area contributed by atoms with Crippen molar-refractivity contribution in [2.45, 2.75) is 26.4 Å². The van der Waals surface area contributed by atoms with Gasteiger partial charge in [0.2, 0.25) is 0 Å². The fraction of sp³-hybridized carbons (Fsp3) is 0.278. The monoisotopic (exact) mass is 303 g/mol. The van der Waals surface area contributed by atoms with Crippen molar-refractivity contribution in [1.29, 1.82) is 5.26 Å². The van der Waals surface area contributed by atoms with Crippen LogP contribution in [0.25, 0.3) is 5.52 Å². The lowest BCUT2D eigenvalue weighted by Crippen LogP contribution is -2.31. The Hall–Kier alpha value is -2.71. The molecule has 1 aliphatic heterocycles. The summed E-state index contributed by atoms with van der Waals surface area (Å²) in [5.74, 6) is 0.836. The molecule has 23 heavy (non-hydrogen) atoms. The number of aryl methyl sites for hydroxylation is 1. The molecule has 0 bridgehead atoms. The van der Waals surface area contributed by atoms with Gasteiger partial charge in [-0.25, -0.2) is 9.97 Å². The summed E-state index contributed by atoms with van der Waals surface area (Å²) < 4.78 is 2.03. The Morgan fingerprint density at radius 3 is 3.13 bits per heavy atom. The van der Waals surface area contributed by atoms with Crippen LogP contribution in [0.2, 0.25) is 0 Å². The van der Waals surface area contributed by atoms with Gasteiger partial charge in [0, 0.05) is 61.5 Å². The van der Waals surface area contributed by atoms with E-state index in [1.54, 1.807) is 0 Å². The van der Waals surface area contributed by atoms with Crippen LogP contribution in [0, 0.1) is 18.3 Å². The molecule has 0 fully saturated rings. The first-order chi connectivity index (χ1) is 11.2. The van der Waals surface area contributed by atoms with Gasteiger partial charge in [-0.15, -0.1) is 0 Å². The smallest absolute Gasteiger partial charge is 0.125 e. The molecule has 5 heteroatoms. The summed E-state index contributed by atoms with van der Waals surface area (Å²) in [6.07, 6.45) is 6.93. The molecule has 0 N–H and O–H groups in total. The summed E-state index contributed by atoms with van der Waals surface area (Å²) in [7, 11) is 0. The highest BCUT2D eigenvalue weighted by Gasteiger charge is 2.20. The molecule has 4 heterocycles. The van der Waals surface area contributed by atoms with Crippen LogP contribution in [-0.2, 0) is 19.5 Å². The molecule has 0 aliphatic carbocycles. The van der Waals surface area contributed by atoms with Gasteiger partial charge in [-0.2, -0.15) is 5.26 Å². The zero-order valence-electron chi connectivity index (χ0n) is 13.0. The van der Waals surface area contributed by atoms with Crippen molar-refractivity contribution in [3.8, 4) is 6.07 Å². The lowest BCUT2D eigenvalue weighted by Gasteiger charge is -2.27. The standard InChI is InChI=1S/C18H17N5/c1-13-20-9-14-10-22(7-5-17(14)21-13)11-15-12-23-6-3-2-4-18(23)16(15)8-19/h2-4,6,9,12H,5,7,10-11H2,1H3. The fourth-order valence-electron chi connectivity index (χ4n) is 3.28. The molecule has 5 nitrogen and oxygen atoms in total. The number of nitriles is 1. The van der Waals surface area contributed by atoms with Crippen molar-refractivity contribution in [2.75, 3.05) is 6.54 Å². The SMILES string of the molecule is Cc1ncc2c(n1)CCN(Cc1cn3ccccc3c1C#N)C2. The Morgan fingerprint density at radius 1 is 1.35 bits per heavy atom. The molecule has 0 spiro atoms. The first-order valence-electron chi connectivity index (χ1n) is 7.77. The number of fused-ring (bicyclic) bond motifs is 2. The van der Waals surface area contributed by atoms with Crippen LogP contribution in [0.3, 0.4) is 0 Å². The highest BCUT2D eigenvalue weighted by molar-refractivity contribution is 5.65. The van der Waals surface area contributed by atoms with Gasteiger partial charge in [-0.3, -0.25) is 4.90 Å². The first-order valence-corrected chi connectivity index (χ1v) is 7.77. The van der Waals surface area contributed by atoms with Gasteiger partial charge >= 0.3 is 0 Å². The molecule has 0 saturated heterocycles.